The van der Waals surface area contributed by atoms with Crippen molar-refractivity contribution in [1.82, 2.24) is 4.72 Å². The zero-order valence-corrected chi connectivity index (χ0v) is 12.8. The molecule has 1 aliphatic rings. The summed E-state index contributed by atoms with van der Waals surface area (Å²) in [5.74, 6) is 0.202. The number of ether oxygens (including phenoxy) is 1. The van der Waals surface area contributed by atoms with Gasteiger partial charge < -0.3 is 14.3 Å². The number of aliphatic hydroxyl groups excluding tert-OH is 1. The van der Waals surface area contributed by atoms with Gasteiger partial charge in [0, 0.05) is 18.7 Å². The van der Waals surface area contributed by atoms with E-state index in [2.05, 4.69) is 20.7 Å². The third-order valence-electron chi connectivity index (χ3n) is 2.97. The molecule has 0 aliphatic heterocycles. The Bertz CT molecular complexity index is 535. The van der Waals surface area contributed by atoms with Gasteiger partial charge in [-0.15, -0.1) is 0 Å². The third kappa shape index (κ3) is 3.38. The Morgan fingerprint density at radius 1 is 1.58 bits per heavy atom. The van der Waals surface area contributed by atoms with Crippen molar-refractivity contribution in [3.8, 4) is 0 Å². The van der Waals surface area contributed by atoms with Crippen LogP contribution in [0.25, 0.3) is 0 Å². The Labute approximate surface area is 120 Å². The number of sulfonamides is 1. The summed E-state index contributed by atoms with van der Waals surface area (Å²) >= 11 is 3.04. The van der Waals surface area contributed by atoms with E-state index in [1.807, 2.05) is 6.92 Å². The summed E-state index contributed by atoms with van der Waals surface area (Å²) in [5.41, 5.74) is 0. The average molecular weight is 354 g/mol. The van der Waals surface area contributed by atoms with Gasteiger partial charge in [-0.2, -0.15) is 0 Å². The van der Waals surface area contributed by atoms with Gasteiger partial charge in [0.2, 0.25) is 10.0 Å². The molecule has 1 aromatic heterocycles. The highest BCUT2D eigenvalue weighted by molar-refractivity contribution is 9.10. The van der Waals surface area contributed by atoms with Crippen LogP contribution in [0, 0.1) is 0 Å². The predicted molar refractivity (Wildman–Crippen MR) is 71.1 cm³/mol. The molecule has 1 aliphatic carbocycles. The number of nitrogens with one attached hydrogen (secondary N) is 1. The number of rotatable bonds is 6. The molecule has 1 saturated carbocycles. The van der Waals surface area contributed by atoms with Crippen LogP contribution >= 0.6 is 15.9 Å². The van der Waals surface area contributed by atoms with Gasteiger partial charge in [0.25, 0.3) is 0 Å². The molecule has 1 aromatic rings. The molecule has 108 valence electrons. The molecule has 0 saturated heterocycles. The van der Waals surface area contributed by atoms with Crippen molar-refractivity contribution in [2.45, 2.75) is 43.4 Å². The van der Waals surface area contributed by atoms with E-state index in [4.69, 9.17) is 14.3 Å². The number of hydrogen-bond acceptors (Lipinski definition) is 5. The molecule has 0 aromatic carbocycles. The summed E-state index contributed by atoms with van der Waals surface area (Å²) in [5, 5.41) is 8.93. The number of furan rings is 1. The highest BCUT2D eigenvalue weighted by Gasteiger charge is 2.34. The van der Waals surface area contributed by atoms with Crippen molar-refractivity contribution < 1.29 is 22.7 Å². The Morgan fingerprint density at radius 3 is 2.79 bits per heavy atom. The first-order valence-electron chi connectivity index (χ1n) is 5.99. The topological polar surface area (TPSA) is 88.8 Å². The molecule has 8 heteroatoms. The van der Waals surface area contributed by atoms with E-state index in [0.29, 0.717) is 19.4 Å². The van der Waals surface area contributed by atoms with Crippen molar-refractivity contribution in [2.24, 2.45) is 0 Å². The lowest BCUT2D eigenvalue weighted by Crippen LogP contribution is -2.47. The highest BCUT2D eigenvalue weighted by Crippen LogP contribution is 2.29. The van der Waals surface area contributed by atoms with E-state index >= 15 is 0 Å². The SMILES string of the molecule is CCOC1CC(NS(=O)(=O)c2cc(CO)oc2Br)C1. The van der Waals surface area contributed by atoms with E-state index in [1.54, 1.807) is 0 Å². The molecule has 19 heavy (non-hydrogen) atoms. The van der Waals surface area contributed by atoms with E-state index in [1.165, 1.54) is 6.07 Å². The summed E-state index contributed by atoms with van der Waals surface area (Å²) in [7, 11) is -3.64. The zero-order valence-electron chi connectivity index (χ0n) is 10.4. The Balaban J connectivity index is 2.01. The highest BCUT2D eigenvalue weighted by atomic mass is 79.9. The van der Waals surface area contributed by atoms with Gasteiger partial charge in [-0.3, -0.25) is 0 Å². The second-order valence-corrected chi connectivity index (χ2v) is 6.78. The summed E-state index contributed by atoms with van der Waals surface area (Å²) in [6.07, 6.45) is 1.49. The first-order chi connectivity index (χ1) is 8.96. The van der Waals surface area contributed by atoms with Gasteiger partial charge in [0.15, 0.2) is 4.67 Å². The maximum atomic E-state index is 12.1. The van der Waals surface area contributed by atoms with Gasteiger partial charge in [-0.05, 0) is 35.7 Å². The van der Waals surface area contributed by atoms with Gasteiger partial charge in [0.05, 0.1) is 6.10 Å². The predicted octanol–water partition coefficient (Wildman–Crippen LogP) is 1.38. The van der Waals surface area contributed by atoms with Crippen LogP contribution in [0.1, 0.15) is 25.5 Å². The summed E-state index contributed by atoms with van der Waals surface area (Å²) in [6, 6.07) is 1.20. The van der Waals surface area contributed by atoms with Crippen molar-refractivity contribution in [3.05, 3.63) is 16.5 Å². The molecule has 0 unspecified atom stereocenters. The lowest BCUT2D eigenvalue weighted by atomic mass is 9.90. The van der Waals surface area contributed by atoms with Crippen LogP contribution in [0.4, 0.5) is 0 Å². The molecule has 0 radical (unpaired) electrons. The Hall–Kier alpha value is -0.410. The maximum absolute atomic E-state index is 12.1. The fraction of sp³-hybridized carbons (Fsp3) is 0.636. The van der Waals surface area contributed by atoms with Crippen LogP contribution in [0.15, 0.2) is 20.0 Å². The van der Waals surface area contributed by atoms with Crippen LogP contribution < -0.4 is 4.72 Å². The molecular formula is C11H16BrNO5S. The Morgan fingerprint density at radius 2 is 2.26 bits per heavy atom. The molecule has 0 spiro atoms. The molecule has 0 bridgehead atoms. The zero-order chi connectivity index (χ0) is 14.0. The van der Waals surface area contributed by atoms with Crippen LogP contribution in [0.2, 0.25) is 0 Å². The summed E-state index contributed by atoms with van der Waals surface area (Å²) in [4.78, 5) is 0.0106. The first-order valence-corrected chi connectivity index (χ1v) is 8.27. The normalized spacial score (nSPS) is 23.3. The van der Waals surface area contributed by atoms with E-state index in [9.17, 15) is 8.42 Å². The Kier molecular flexibility index (Phi) is 4.67. The minimum atomic E-state index is -3.64. The van der Waals surface area contributed by atoms with Crippen molar-refractivity contribution in [1.29, 1.82) is 0 Å². The average Bonchev–Trinajstić information content (AvgIpc) is 2.68. The fourth-order valence-electron chi connectivity index (χ4n) is 1.98. The van der Waals surface area contributed by atoms with Crippen LogP contribution in [0.5, 0.6) is 0 Å². The summed E-state index contributed by atoms with van der Waals surface area (Å²) < 4.78 is 37.4. The molecule has 1 fully saturated rings. The smallest absolute Gasteiger partial charge is 0.245 e. The molecule has 0 amide bonds. The quantitative estimate of drug-likeness (QED) is 0.806. The molecule has 2 rings (SSSR count). The van der Waals surface area contributed by atoms with Gasteiger partial charge >= 0.3 is 0 Å². The van der Waals surface area contributed by atoms with Crippen molar-refractivity contribution in [3.63, 3.8) is 0 Å². The fourth-order valence-corrected chi connectivity index (χ4v) is 4.23. The monoisotopic (exact) mass is 353 g/mol. The van der Waals surface area contributed by atoms with Crippen LogP contribution in [-0.2, 0) is 21.4 Å². The maximum Gasteiger partial charge on any atom is 0.245 e. The van der Waals surface area contributed by atoms with E-state index < -0.39 is 10.0 Å². The van der Waals surface area contributed by atoms with Gasteiger partial charge in [-0.1, -0.05) is 0 Å². The second-order valence-electron chi connectivity index (χ2n) is 4.38. The molecule has 6 nitrogen and oxygen atoms in total. The number of halogens is 1. The van der Waals surface area contributed by atoms with E-state index in [0.717, 1.165) is 0 Å². The molecule has 1 heterocycles. The number of hydrogen-bond donors (Lipinski definition) is 2. The third-order valence-corrected chi connectivity index (χ3v) is 5.35. The first kappa shape index (κ1) is 15.0. The minimum absolute atomic E-state index is 0.0106. The lowest BCUT2D eigenvalue weighted by Gasteiger charge is -2.34. The van der Waals surface area contributed by atoms with E-state index in [-0.39, 0.29) is 34.1 Å². The second kappa shape index (κ2) is 5.92. The minimum Gasteiger partial charge on any atom is -0.450 e. The lowest BCUT2D eigenvalue weighted by molar-refractivity contribution is -0.00476. The molecule has 2 N–H and O–H groups in total. The van der Waals surface area contributed by atoms with Crippen molar-refractivity contribution in [2.75, 3.05) is 6.61 Å². The summed E-state index contributed by atoms with van der Waals surface area (Å²) in [6.45, 7) is 2.21. The van der Waals surface area contributed by atoms with Crippen LogP contribution in [0.3, 0.4) is 0 Å². The van der Waals surface area contributed by atoms with Gasteiger partial charge in [0.1, 0.15) is 17.3 Å². The molecule has 0 atom stereocenters. The van der Waals surface area contributed by atoms with Crippen molar-refractivity contribution >= 4 is 26.0 Å². The largest absolute Gasteiger partial charge is 0.450 e. The molecular weight excluding hydrogens is 338 g/mol. The van der Waals surface area contributed by atoms with Crippen LogP contribution in [-0.4, -0.2) is 32.3 Å². The van der Waals surface area contributed by atoms with Gasteiger partial charge in [-0.25, -0.2) is 13.1 Å². The number of aliphatic hydroxyl groups is 1. The standard InChI is InChI=1S/C11H16BrNO5S/c1-2-17-8-3-7(4-8)13-19(15,16)10-5-9(6-14)18-11(10)12/h5,7-8,13-14H,2-4,6H2,1H3.